The highest BCUT2D eigenvalue weighted by atomic mass is 19.4. The molecule has 0 fully saturated rings. The van der Waals surface area contributed by atoms with E-state index in [2.05, 4.69) is 10.6 Å². The zero-order chi connectivity index (χ0) is 19.7. The highest BCUT2D eigenvalue weighted by molar-refractivity contribution is 5.81. The second-order valence-electron chi connectivity index (χ2n) is 5.75. The molecule has 25 heavy (non-hydrogen) atoms. The van der Waals surface area contributed by atoms with Gasteiger partial charge in [-0.15, -0.1) is 0 Å². The van der Waals surface area contributed by atoms with Gasteiger partial charge in [0.1, 0.15) is 6.29 Å². The number of alkyl halides is 3. The van der Waals surface area contributed by atoms with Gasteiger partial charge in [-0.2, -0.15) is 13.2 Å². The summed E-state index contributed by atoms with van der Waals surface area (Å²) >= 11 is 0. The number of unbranched alkanes of at least 4 members (excludes halogenated alkanes) is 2. The fourth-order valence-corrected chi connectivity index (χ4v) is 1.47. The summed E-state index contributed by atoms with van der Waals surface area (Å²) in [6.07, 6.45) is -1.08. The normalized spacial score (nSPS) is 10.7. The van der Waals surface area contributed by atoms with Gasteiger partial charge >= 0.3 is 12.1 Å². The molecule has 3 N–H and O–H groups in total. The lowest BCUT2D eigenvalue weighted by Gasteiger charge is -2.07. The van der Waals surface area contributed by atoms with Gasteiger partial charge in [0.25, 0.3) is 0 Å². The van der Waals surface area contributed by atoms with E-state index in [4.69, 9.17) is 0 Å². The van der Waals surface area contributed by atoms with E-state index in [0.717, 1.165) is 19.3 Å². The lowest BCUT2D eigenvalue weighted by atomic mass is 10.2. The molecule has 148 valence electrons. The molecule has 6 nitrogen and oxygen atoms in total. The third-order valence-electron chi connectivity index (χ3n) is 2.82. The van der Waals surface area contributed by atoms with Crippen molar-refractivity contribution >= 4 is 18.1 Å². The molecule has 0 heterocycles. The lowest BCUT2D eigenvalue weighted by Crippen LogP contribution is -2.37. The number of carbonyl (C=O) groups excluding carboxylic acids is 3. The molecule has 0 unspecified atom stereocenters. The third kappa shape index (κ3) is 20.3. The summed E-state index contributed by atoms with van der Waals surface area (Å²) in [6, 6.07) is 0. The molecule has 9 heteroatoms. The summed E-state index contributed by atoms with van der Waals surface area (Å²) < 4.78 is 35.5. The van der Waals surface area contributed by atoms with Crippen LogP contribution in [0.1, 0.15) is 46.0 Å². The first-order valence-electron chi connectivity index (χ1n) is 8.36. The van der Waals surface area contributed by atoms with Crippen molar-refractivity contribution in [2.45, 2.75) is 52.1 Å². The summed E-state index contributed by atoms with van der Waals surface area (Å²) in [4.78, 5) is 31.3. The minimum Gasteiger partial charge on any atom is -0.356 e. The summed E-state index contributed by atoms with van der Waals surface area (Å²) in [5, 5.41) is 7.50. The fourth-order valence-electron chi connectivity index (χ4n) is 1.47. The topological polar surface area (TPSA) is 87.3 Å². The van der Waals surface area contributed by atoms with E-state index in [-0.39, 0.29) is 18.4 Å². The third-order valence-corrected chi connectivity index (χ3v) is 2.82. The van der Waals surface area contributed by atoms with Crippen LogP contribution >= 0.6 is 0 Å². The van der Waals surface area contributed by atoms with Crippen LogP contribution in [0, 0.1) is 5.92 Å². The first-order chi connectivity index (χ1) is 11.6. The minimum absolute atomic E-state index is 0.0257. The van der Waals surface area contributed by atoms with Gasteiger partial charge < -0.3 is 20.7 Å². The molecule has 2 amide bonds. The number of aldehydes is 1. The van der Waals surface area contributed by atoms with Gasteiger partial charge in [0, 0.05) is 25.4 Å². The molecule has 0 aromatic heterocycles. The van der Waals surface area contributed by atoms with Crippen LogP contribution in [0.25, 0.3) is 0 Å². The van der Waals surface area contributed by atoms with Crippen LogP contribution < -0.4 is 16.0 Å². The molecular weight excluding hydrogens is 339 g/mol. The van der Waals surface area contributed by atoms with Crippen LogP contribution in [-0.2, 0) is 14.4 Å². The van der Waals surface area contributed by atoms with Crippen molar-refractivity contribution in [1.82, 2.24) is 16.0 Å². The summed E-state index contributed by atoms with van der Waals surface area (Å²) in [5.41, 5.74) is 0. The molecule has 0 aromatic carbocycles. The number of hydrogen-bond acceptors (Lipinski definition) is 4. The van der Waals surface area contributed by atoms with E-state index < -0.39 is 12.1 Å². The second kappa shape index (κ2) is 15.9. The molecule has 0 aromatic rings. The fraction of sp³-hybridized carbons (Fsp3) is 0.812. The molecule has 0 atom stereocenters. The van der Waals surface area contributed by atoms with Crippen molar-refractivity contribution in [3.05, 3.63) is 0 Å². The maximum absolute atomic E-state index is 11.8. The summed E-state index contributed by atoms with van der Waals surface area (Å²) in [5.74, 6) is -1.77. The Morgan fingerprint density at radius 1 is 0.960 bits per heavy atom. The largest absolute Gasteiger partial charge is 0.471 e. The van der Waals surface area contributed by atoms with Crippen molar-refractivity contribution < 1.29 is 27.6 Å². The molecular formula is C16H30F3N3O3. The predicted molar refractivity (Wildman–Crippen MR) is 90.0 cm³/mol. The Labute approximate surface area is 147 Å². The zero-order valence-corrected chi connectivity index (χ0v) is 15.2. The van der Waals surface area contributed by atoms with Crippen molar-refractivity contribution in [3.63, 3.8) is 0 Å². The average Bonchev–Trinajstić information content (AvgIpc) is 2.54. The van der Waals surface area contributed by atoms with Crippen LogP contribution in [0.15, 0.2) is 0 Å². The van der Waals surface area contributed by atoms with Crippen molar-refractivity contribution in [3.8, 4) is 0 Å². The SMILES string of the molecule is CC(C)C=O.CNCCCNC(=O)CCCCCNC(=O)C(F)(F)F. The molecule has 0 aliphatic heterocycles. The van der Waals surface area contributed by atoms with Gasteiger partial charge in [0.15, 0.2) is 0 Å². The van der Waals surface area contributed by atoms with Crippen LogP contribution in [0.3, 0.4) is 0 Å². The standard InChI is InChI=1S/C12H22F3N3O2.C4H8O/c1-16-7-5-9-17-10(19)6-3-2-4-8-18-11(20)12(13,14)15;1-4(2)3-5/h16H,2-9H2,1H3,(H,17,19)(H,18,20);3-4H,1-2H3. The maximum Gasteiger partial charge on any atom is 0.471 e. The number of hydrogen-bond donors (Lipinski definition) is 3. The maximum atomic E-state index is 11.8. The quantitative estimate of drug-likeness (QED) is 0.383. The van der Waals surface area contributed by atoms with Crippen LogP contribution in [0.2, 0.25) is 0 Å². The van der Waals surface area contributed by atoms with E-state index in [1.165, 1.54) is 0 Å². The van der Waals surface area contributed by atoms with Gasteiger partial charge in [-0.25, -0.2) is 0 Å². The van der Waals surface area contributed by atoms with Gasteiger partial charge in [-0.05, 0) is 32.9 Å². The first-order valence-corrected chi connectivity index (χ1v) is 8.36. The second-order valence-corrected chi connectivity index (χ2v) is 5.75. The lowest BCUT2D eigenvalue weighted by molar-refractivity contribution is -0.173. The van der Waals surface area contributed by atoms with Crippen LogP contribution in [0.5, 0.6) is 0 Å². The van der Waals surface area contributed by atoms with Crippen LogP contribution in [-0.4, -0.2) is 51.0 Å². The van der Waals surface area contributed by atoms with E-state index in [0.29, 0.717) is 32.2 Å². The highest BCUT2D eigenvalue weighted by Crippen LogP contribution is 2.13. The van der Waals surface area contributed by atoms with Gasteiger partial charge in [-0.1, -0.05) is 20.3 Å². The Morgan fingerprint density at radius 3 is 2.00 bits per heavy atom. The van der Waals surface area contributed by atoms with Crippen molar-refractivity contribution in [1.29, 1.82) is 0 Å². The number of halogens is 3. The monoisotopic (exact) mass is 369 g/mol. The summed E-state index contributed by atoms with van der Waals surface area (Å²) in [7, 11) is 1.83. The molecule has 0 radical (unpaired) electrons. The molecule has 0 rings (SSSR count). The summed E-state index contributed by atoms with van der Waals surface area (Å²) in [6.45, 7) is 5.13. The molecule has 0 aliphatic carbocycles. The first kappa shape index (κ1) is 25.6. The van der Waals surface area contributed by atoms with E-state index >= 15 is 0 Å². The predicted octanol–water partition coefficient (Wildman–Crippen LogP) is 1.79. The number of amides is 2. The van der Waals surface area contributed by atoms with Crippen molar-refractivity contribution in [2.24, 2.45) is 5.92 Å². The molecule has 0 aliphatic rings. The van der Waals surface area contributed by atoms with Gasteiger partial charge in [0.2, 0.25) is 5.91 Å². The Hall–Kier alpha value is -1.64. The Kier molecular flexibility index (Phi) is 16.2. The number of rotatable bonds is 11. The van der Waals surface area contributed by atoms with Gasteiger partial charge in [-0.3, -0.25) is 9.59 Å². The Balaban J connectivity index is 0. The Bertz CT molecular complexity index is 375. The van der Waals surface area contributed by atoms with E-state index in [1.54, 1.807) is 5.32 Å². The van der Waals surface area contributed by atoms with Crippen molar-refractivity contribution in [2.75, 3.05) is 26.7 Å². The smallest absolute Gasteiger partial charge is 0.356 e. The van der Waals surface area contributed by atoms with Gasteiger partial charge in [0.05, 0.1) is 0 Å². The van der Waals surface area contributed by atoms with E-state index in [1.807, 2.05) is 20.9 Å². The van der Waals surface area contributed by atoms with Crippen LogP contribution in [0.4, 0.5) is 13.2 Å². The molecule has 0 saturated heterocycles. The molecule has 0 saturated carbocycles. The van der Waals surface area contributed by atoms with E-state index in [9.17, 15) is 27.6 Å². The zero-order valence-electron chi connectivity index (χ0n) is 15.2. The minimum atomic E-state index is -4.83. The highest BCUT2D eigenvalue weighted by Gasteiger charge is 2.38. The average molecular weight is 369 g/mol. The molecule has 0 spiro atoms. The number of nitrogens with one attached hydrogen (secondary N) is 3. The molecule has 0 bridgehead atoms. The number of carbonyl (C=O) groups is 3. The Morgan fingerprint density at radius 2 is 1.52 bits per heavy atom.